The topological polar surface area (TPSA) is 178 Å². The zero-order chi connectivity index (χ0) is 45.6. The molecule has 350 valence electrons. The first-order valence-electron chi connectivity index (χ1n) is 23.8. The largest absolute Gasteiger partial charge is 0.451 e. The van der Waals surface area contributed by atoms with Gasteiger partial charge in [-0.1, -0.05) is 87.9 Å². The van der Waals surface area contributed by atoms with Crippen LogP contribution in [0.1, 0.15) is 140 Å². The van der Waals surface area contributed by atoms with Crippen molar-refractivity contribution in [1.29, 1.82) is 0 Å². The highest BCUT2D eigenvalue weighted by molar-refractivity contribution is 7.96. The number of aromatic nitrogens is 2. The fourth-order valence-corrected chi connectivity index (χ4v) is 10.3. The Morgan fingerprint density at radius 1 is 0.846 bits per heavy atom. The molecule has 1 aliphatic carbocycles. The van der Waals surface area contributed by atoms with E-state index in [1.54, 1.807) is 48.7 Å². The number of amides is 5. The van der Waals surface area contributed by atoms with Gasteiger partial charge in [-0.15, -0.1) is 0 Å². The number of fused-ring (bicyclic) bond motifs is 1. The van der Waals surface area contributed by atoms with E-state index in [-0.39, 0.29) is 29.9 Å². The molecule has 3 saturated heterocycles. The van der Waals surface area contributed by atoms with Crippen LogP contribution in [-0.2, 0) is 9.59 Å². The molecule has 2 aromatic carbocycles. The number of piperidine rings is 2. The molecule has 4 aliphatic heterocycles. The lowest BCUT2D eigenvalue weighted by atomic mass is 9.72. The Bertz CT molecular complexity index is 2110. The van der Waals surface area contributed by atoms with Crippen LogP contribution in [0.25, 0.3) is 0 Å². The fourth-order valence-electron chi connectivity index (χ4n) is 9.68. The van der Waals surface area contributed by atoms with Crippen molar-refractivity contribution in [2.24, 2.45) is 5.41 Å². The minimum absolute atomic E-state index is 0.0881. The summed E-state index contributed by atoms with van der Waals surface area (Å²) in [5.74, 6) is -0.370. The zero-order valence-corrected chi connectivity index (χ0v) is 39.0. The standard InChI is InChI=1S/C42H52N8O6.C7H15NS/c1-48-23-19-42(20-24-48)26-49(27-42)37-34(25-43-28-46-37)56-33-16-9-8-13-29(33)38(52)45-22-11-7-5-3-2-4-6-10-21-44-31-15-12-14-30-36(31)41(55)50(40(30)54)32-17-18-35(51)47-39(32)53;1-9-8-7-5-3-2-4-6-7/h8-9,12-16,25,28,32,44H,2-7,10-11,17-24,26-27H2,1H3,(H,45,52)(H,47,51,53);7-8H,2-6H2,1H3. The van der Waals surface area contributed by atoms with Crippen molar-refractivity contribution in [1.82, 2.24) is 35.1 Å². The van der Waals surface area contributed by atoms with Crippen molar-refractivity contribution >= 4 is 53.0 Å². The third-order valence-electron chi connectivity index (χ3n) is 13.5. The highest BCUT2D eigenvalue weighted by atomic mass is 32.2. The van der Waals surface area contributed by atoms with Gasteiger partial charge in [0.1, 0.15) is 18.1 Å². The van der Waals surface area contributed by atoms with E-state index in [0.717, 1.165) is 94.3 Å². The molecule has 1 atom stereocenters. The Kier molecular flexibility index (Phi) is 17.2. The van der Waals surface area contributed by atoms with Crippen LogP contribution in [0.2, 0.25) is 0 Å². The number of unbranched alkanes of at least 4 members (excludes halogenated alkanes) is 7. The second kappa shape index (κ2) is 23.4. The average molecular weight is 910 g/mol. The molecule has 5 amide bonds. The summed E-state index contributed by atoms with van der Waals surface area (Å²) < 4.78 is 9.71. The normalized spacial score (nSPS) is 19.6. The van der Waals surface area contributed by atoms with Crippen LogP contribution in [0.5, 0.6) is 11.5 Å². The number of nitrogens with zero attached hydrogens (tertiary/aromatic N) is 5. The van der Waals surface area contributed by atoms with Gasteiger partial charge in [0.15, 0.2) is 11.6 Å². The molecule has 4 N–H and O–H groups in total. The number of ether oxygens (including phenoxy) is 1. The summed E-state index contributed by atoms with van der Waals surface area (Å²) in [7, 11) is 2.18. The lowest BCUT2D eigenvalue weighted by Gasteiger charge is -2.54. The number of hydrogen-bond acceptors (Lipinski definition) is 13. The van der Waals surface area contributed by atoms with Gasteiger partial charge in [-0.05, 0) is 95.6 Å². The number of carbonyl (C=O) groups is 5. The fraction of sp³-hybridized carbons (Fsp3) is 0.571. The van der Waals surface area contributed by atoms with Crippen LogP contribution >= 0.6 is 11.9 Å². The molecule has 5 aliphatic rings. The van der Waals surface area contributed by atoms with Gasteiger partial charge in [-0.25, -0.2) is 9.97 Å². The number of likely N-dealkylation sites (tertiary alicyclic amines) is 1. The molecule has 8 rings (SSSR count). The first-order valence-corrected chi connectivity index (χ1v) is 25.0. The van der Waals surface area contributed by atoms with Crippen LogP contribution < -0.4 is 30.3 Å². The molecule has 65 heavy (non-hydrogen) atoms. The molecule has 16 heteroatoms. The highest BCUT2D eigenvalue weighted by Gasteiger charge is 2.47. The summed E-state index contributed by atoms with van der Waals surface area (Å²) in [6.07, 6.45) is 23.3. The van der Waals surface area contributed by atoms with Crippen LogP contribution in [-0.4, -0.2) is 114 Å². The van der Waals surface area contributed by atoms with Crippen LogP contribution in [0.15, 0.2) is 55.0 Å². The molecule has 15 nitrogen and oxygen atoms in total. The number of benzene rings is 2. The van der Waals surface area contributed by atoms with E-state index in [1.807, 2.05) is 18.2 Å². The molecule has 4 fully saturated rings. The molecule has 3 aromatic rings. The maximum absolute atomic E-state index is 13.3. The smallest absolute Gasteiger partial charge is 0.264 e. The van der Waals surface area contributed by atoms with Crippen molar-refractivity contribution in [3.8, 4) is 11.5 Å². The molecule has 1 saturated carbocycles. The Morgan fingerprint density at radius 2 is 1.55 bits per heavy atom. The summed E-state index contributed by atoms with van der Waals surface area (Å²) in [6, 6.07) is 12.2. The van der Waals surface area contributed by atoms with Crippen molar-refractivity contribution < 1.29 is 28.7 Å². The summed E-state index contributed by atoms with van der Waals surface area (Å²) in [4.78, 5) is 77.9. The lowest BCUT2D eigenvalue weighted by molar-refractivity contribution is -0.136. The Hall–Kier alpha value is -5.06. The minimum Gasteiger partial charge on any atom is -0.451 e. The summed E-state index contributed by atoms with van der Waals surface area (Å²) in [6.45, 7) is 5.40. The van der Waals surface area contributed by atoms with Gasteiger partial charge in [-0.3, -0.25) is 38.9 Å². The van der Waals surface area contributed by atoms with E-state index < -0.39 is 29.7 Å². The second-order valence-corrected chi connectivity index (χ2v) is 19.0. The molecule has 5 heterocycles. The maximum Gasteiger partial charge on any atom is 0.264 e. The summed E-state index contributed by atoms with van der Waals surface area (Å²) in [5, 5.41) is 8.61. The van der Waals surface area contributed by atoms with E-state index >= 15 is 0 Å². The number of anilines is 2. The first kappa shape index (κ1) is 47.9. The minimum atomic E-state index is -0.980. The van der Waals surface area contributed by atoms with Gasteiger partial charge in [0, 0.05) is 49.7 Å². The molecular formula is C49H67N9O6S. The predicted molar refractivity (Wildman–Crippen MR) is 254 cm³/mol. The molecule has 1 spiro atoms. The van der Waals surface area contributed by atoms with Crippen LogP contribution in [0.3, 0.4) is 0 Å². The average Bonchev–Trinajstić information content (AvgIpc) is 3.56. The SMILES string of the molecule is CN1CCC2(CC1)CN(c1ncncc1Oc1ccccc1C(=O)NCCCCCCCCCCNc1cccc3c1C(=O)N(C1CCC(=O)NC1=O)C3=O)C2.CSNC1CCCCC1. The third-order valence-corrected chi connectivity index (χ3v) is 14.0. The van der Waals surface area contributed by atoms with E-state index in [0.29, 0.717) is 41.3 Å². The number of carbonyl (C=O) groups excluding carboxylic acids is 5. The number of para-hydroxylation sites is 1. The second-order valence-electron chi connectivity index (χ2n) is 18.3. The van der Waals surface area contributed by atoms with Gasteiger partial charge < -0.3 is 25.2 Å². The van der Waals surface area contributed by atoms with Gasteiger partial charge in [0.2, 0.25) is 11.8 Å². The quantitative estimate of drug-likeness (QED) is 0.0534. The number of nitrogens with one attached hydrogen (secondary N) is 4. The van der Waals surface area contributed by atoms with Gasteiger partial charge in [0.25, 0.3) is 17.7 Å². The van der Waals surface area contributed by atoms with Crippen molar-refractivity contribution in [2.75, 3.05) is 62.8 Å². The monoisotopic (exact) mass is 909 g/mol. The Labute approximate surface area is 388 Å². The van der Waals surface area contributed by atoms with Crippen LogP contribution in [0, 0.1) is 5.41 Å². The molecular weight excluding hydrogens is 843 g/mol. The van der Waals surface area contributed by atoms with Gasteiger partial charge in [-0.2, -0.15) is 0 Å². The summed E-state index contributed by atoms with van der Waals surface area (Å²) >= 11 is 1.76. The van der Waals surface area contributed by atoms with E-state index in [9.17, 15) is 24.0 Å². The lowest BCUT2D eigenvalue weighted by Crippen LogP contribution is -2.60. The highest BCUT2D eigenvalue weighted by Crippen LogP contribution is 2.44. The van der Waals surface area contributed by atoms with Crippen molar-refractivity contribution in [3.63, 3.8) is 0 Å². The molecule has 1 unspecified atom stereocenters. The Balaban J connectivity index is 0.000000626. The van der Waals surface area contributed by atoms with E-state index in [4.69, 9.17) is 4.74 Å². The maximum atomic E-state index is 13.3. The van der Waals surface area contributed by atoms with E-state index in [2.05, 4.69) is 53.7 Å². The van der Waals surface area contributed by atoms with Crippen LogP contribution in [0.4, 0.5) is 11.5 Å². The summed E-state index contributed by atoms with van der Waals surface area (Å²) in [5.41, 5.74) is 1.98. The predicted octanol–water partition coefficient (Wildman–Crippen LogP) is 7.35. The first-order chi connectivity index (χ1) is 31.7. The molecule has 0 radical (unpaired) electrons. The van der Waals surface area contributed by atoms with E-state index in [1.165, 1.54) is 44.9 Å². The number of rotatable bonds is 19. The third kappa shape index (κ3) is 12.4. The molecule has 0 bridgehead atoms. The van der Waals surface area contributed by atoms with Crippen molar-refractivity contribution in [3.05, 3.63) is 71.7 Å². The Morgan fingerprint density at radius 3 is 2.28 bits per heavy atom. The van der Waals surface area contributed by atoms with Crippen molar-refractivity contribution in [2.45, 2.75) is 121 Å². The van der Waals surface area contributed by atoms with Gasteiger partial charge in [0.05, 0.1) is 22.9 Å². The van der Waals surface area contributed by atoms with Gasteiger partial charge >= 0.3 is 0 Å². The zero-order valence-electron chi connectivity index (χ0n) is 38.2. The number of hydrogen-bond donors (Lipinski definition) is 4. The molecule has 1 aromatic heterocycles. The number of imide groups is 2.